The Kier molecular flexibility index (Phi) is 4.73. The molecule has 3 nitrogen and oxygen atoms in total. The Labute approximate surface area is 128 Å². The Balaban J connectivity index is 2.18. The van der Waals surface area contributed by atoms with Crippen molar-refractivity contribution < 1.29 is 0 Å². The second-order valence-electron chi connectivity index (χ2n) is 6.01. The van der Waals surface area contributed by atoms with Gasteiger partial charge in [0.15, 0.2) is 0 Å². The molecule has 1 fully saturated rings. The summed E-state index contributed by atoms with van der Waals surface area (Å²) in [6.07, 6.45) is 0. The van der Waals surface area contributed by atoms with Gasteiger partial charge >= 0.3 is 0 Å². The van der Waals surface area contributed by atoms with Crippen LogP contribution in [0.3, 0.4) is 0 Å². The average Bonchev–Trinajstić information content (AvgIpc) is 2.64. The predicted octanol–water partition coefficient (Wildman–Crippen LogP) is 2.84. The number of hydrogen-bond donors (Lipinski definition) is 1. The number of hydrogen-bond acceptors (Lipinski definition) is 4. The van der Waals surface area contributed by atoms with Crippen molar-refractivity contribution in [2.24, 2.45) is 5.73 Å². The van der Waals surface area contributed by atoms with Crippen molar-refractivity contribution in [3.8, 4) is 0 Å². The molecule has 0 aliphatic carbocycles. The predicted molar refractivity (Wildman–Crippen MR) is 86.8 cm³/mol. The molecular formula is C14H24BrN3S. The van der Waals surface area contributed by atoms with Crippen molar-refractivity contribution in [2.45, 2.75) is 32.4 Å². The molecule has 19 heavy (non-hydrogen) atoms. The Bertz CT molecular complexity index is 424. The fourth-order valence-electron chi connectivity index (χ4n) is 2.63. The second-order valence-corrected chi connectivity index (χ2v) is 8.15. The molecule has 2 heterocycles. The van der Waals surface area contributed by atoms with Gasteiger partial charge in [-0.15, -0.1) is 11.3 Å². The summed E-state index contributed by atoms with van der Waals surface area (Å²) in [6.45, 7) is 10.7. The maximum absolute atomic E-state index is 6.05. The van der Waals surface area contributed by atoms with Crippen LogP contribution in [0.2, 0.25) is 0 Å². The zero-order chi connectivity index (χ0) is 14.2. The SMILES string of the molecule is Cc1sc(C(CN)N2CCN(C)C(C)(C)C2)cc1Br. The summed E-state index contributed by atoms with van der Waals surface area (Å²) in [4.78, 5) is 7.69. The van der Waals surface area contributed by atoms with E-state index in [4.69, 9.17) is 5.73 Å². The van der Waals surface area contributed by atoms with Crippen LogP contribution in [0.25, 0.3) is 0 Å². The van der Waals surface area contributed by atoms with Crippen LogP contribution in [-0.2, 0) is 0 Å². The minimum Gasteiger partial charge on any atom is -0.329 e. The summed E-state index contributed by atoms with van der Waals surface area (Å²) in [5, 5.41) is 0. The molecule has 0 spiro atoms. The van der Waals surface area contributed by atoms with Gasteiger partial charge in [-0.25, -0.2) is 0 Å². The van der Waals surface area contributed by atoms with E-state index >= 15 is 0 Å². The van der Waals surface area contributed by atoms with Crippen LogP contribution in [0.4, 0.5) is 0 Å². The monoisotopic (exact) mass is 345 g/mol. The molecule has 0 aromatic carbocycles. The van der Waals surface area contributed by atoms with E-state index in [1.54, 1.807) is 0 Å². The Morgan fingerprint density at radius 3 is 2.63 bits per heavy atom. The molecular weight excluding hydrogens is 322 g/mol. The van der Waals surface area contributed by atoms with Crippen molar-refractivity contribution in [3.63, 3.8) is 0 Å². The van der Waals surface area contributed by atoms with Crippen LogP contribution in [0.5, 0.6) is 0 Å². The third-order valence-electron chi connectivity index (χ3n) is 4.21. The van der Waals surface area contributed by atoms with Crippen molar-refractivity contribution in [1.29, 1.82) is 0 Å². The number of likely N-dealkylation sites (N-methyl/N-ethyl adjacent to an activating group) is 1. The van der Waals surface area contributed by atoms with E-state index in [1.165, 1.54) is 14.2 Å². The third kappa shape index (κ3) is 3.22. The van der Waals surface area contributed by atoms with Gasteiger partial charge in [0.05, 0.1) is 6.04 Å². The Morgan fingerprint density at radius 1 is 1.47 bits per heavy atom. The van der Waals surface area contributed by atoms with Gasteiger partial charge in [-0.1, -0.05) is 0 Å². The third-order valence-corrected chi connectivity index (χ3v) is 6.45. The summed E-state index contributed by atoms with van der Waals surface area (Å²) < 4.78 is 1.21. The summed E-state index contributed by atoms with van der Waals surface area (Å²) >= 11 is 5.47. The number of piperazine rings is 1. The summed E-state index contributed by atoms with van der Waals surface area (Å²) in [6, 6.07) is 2.59. The zero-order valence-corrected chi connectivity index (χ0v) is 14.6. The van der Waals surface area contributed by atoms with E-state index in [-0.39, 0.29) is 5.54 Å². The molecule has 2 N–H and O–H groups in total. The molecule has 1 unspecified atom stereocenters. The van der Waals surface area contributed by atoms with Gasteiger partial charge in [0.1, 0.15) is 0 Å². The van der Waals surface area contributed by atoms with Gasteiger partial charge in [-0.3, -0.25) is 9.80 Å². The molecule has 1 saturated heterocycles. The van der Waals surface area contributed by atoms with Gasteiger partial charge in [0.2, 0.25) is 0 Å². The minimum absolute atomic E-state index is 0.217. The van der Waals surface area contributed by atoms with Gasteiger partial charge in [-0.05, 0) is 49.8 Å². The molecule has 1 aliphatic heterocycles. The molecule has 5 heteroatoms. The number of halogens is 1. The molecule has 2 rings (SSSR count). The first-order valence-electron chi connectivity index (χ1n) is 6.76. The maximum atomic E-state index is 6.05. The Hall–Kier alpha value is 0.0600. The van der Waals surface area contributed by atoms with Gasteiger partial charge in [0.25, 0.3) is 0 Å². The largest absolute Gasteiger partial charge is 0.329 e. The summed E-state index contributed by atoms with van der Waals surface area (Å²) in [5.74, 6) is 0. The lowest BCUT2D eigenvalue weighted by Crippen LogP contribution is -2.58. The first kappa shape index (κ1) is 15.4. The van der Waals surface area contributed by atoms with Crippen LogP contribution in [-0.4, -0.2) is 48.6 Å². The van der Waals surface area contributed by atoms with Crippen molar-refractivity contribution in [1.82, 2.24) is 9.80 Å². The zero-order valence-electron chi connectivity index (χ0n) is 12.2. The number of rotatable bonds is 3. The fourth-order valence-corrected chi connectivity index (χ4v) is 4.34. The van der Waals surface area contributed by atoms with E-state index < -0.39 is 0 Å². The first-order chi connectivity index (χ1) is 8.85. The van der Waals surface area contributed by atoms with Crippen LogP contribution < -0.4 is 5.73 Å². The Morgan fingerprint density at radius 2 is 2.16 bits per heavy atom. The maximum Gasteiger partial charge on any atom is 0.0565 e. The standard InChI is InChI=1S/C14H24BrN3S/c1-10-11(15)7-13(19-10)12(8-16)18-6-5-17(4)14(2,3)9-18/h7,12H,5-6,8-9,16H2,1-4H3. The molecule has 1 aromatic rings. The summed E-state index contributed by atoms with van der Waals surface area (Å²) in [5.41, 5.74) is 6.27. The lowest BCUT2D eigenvalue weighted by atomic mass is 9.98. The number of thiophene rings is 1. The highest BCUT2D eigenvalue weighted by atomic mass is 79.9. The molecule has 1 atom stereocenters. The fraction of sp³-hybridized carbons (Fsp3) is 0.714. The number of nitrogens with two attached hydrogens (primary N) is 1. The topological polar surface area (TPSA) is 32.5 Å². The second kappa shape index (κ2) is 5.82. The first-order valence-corrected chi connectivity index (χ1v) is 8.37. The average molecular weight is 346 g/mol. The molecule has 0 amide bonds. The van der Waals surface area contributed by atoms with Crippen LogP contribution in [0, 0.1) is 6.92 Å². The van der Waals surface area contributed by atoms with E-state index in [2.05, 4.69) is 59.6 Å². The van der Waals surface area contributed by atoms with Gasteiger partial charge in [0, 0.05) is 45.9 Å². The van der Waals surface area contributed by atoms with Crippen molar-refractivity contribution in [3.05, 3.63) is 20.3 Å². The van der Waals surface area contributed by atoms with Gasteiger partial charge in [-0.2, -0.15) is 0 Å². The number of nitrogens with zero attached hydrogens (tertiary/aromatic N) is 2. The highest BCUT2D eigenvalue weighted by Crippen LogP contribution is 2.34. The van der Waals surface area contributed by atoms with Crippen LogP contribution in [0.15, 0.2) is 10.5 Å². The van der Waals surface area contributed by atoms with Crippen molar-refractivity contribution >= 4 is 27.3 Å². The van der Waals surface area contributed by atoms with E-state index in [0.717, 1.165) is 19.6 Å². The minimum atomic E-state index is 0.217. The van der Waals surface area contributed by atoms with E-state index in [9.17, 15) is 0 Å². The normalized spacial score (nSPS) is 22.6. The van der Waals surface area contributed by atoms with Crippen LogP contribution in [0.1, 0.15) is 29.6 Å². The molecule has 1 aromatic heterocycles. The van der Waals surface area contributed by atoms with E-state index in [0.29, 0.717) is 12.6 Å². The van der Waals surface area contributed by atoms with Gasteiger partial charge < -0.3 is 5.73 Å². The molecule has 0 bridgehead atoms. The smallest absolute Gasteiger partial charge is 0.0565 e. The summed E-state index contributed by atoms with van der Waals surface area (Å²) in [7, 11) is 2.21. The number of aryl methyl sites for hydroxylation is 1. The molecule has 108 valence electrons. The molecule has 0 saturated carbocycles. The quantitative estimate of drug-likeness (QED) is 0.914. The van der Waals surface area contributed by atoms with Crippen molar-refractivity contribution in [2.75, 3.05) is 33.2 Å². The highest BCUT2D eigenvalue weighted by molar-refractivity contribution is 9.10. The van der Waals surface area contributed by atoms with Crippen LogP contribution >= 0.6 is 27.3 Å². The lowest BCUT2D eigenvalue weighted by Gasteiger charge is -2.47. The highest BCUT2D eigenvalue weighted by Gasteiger charge is 2.34. The van der Waals surface area contributed by atoms with E-state index in [1.807, 2.05) is 11.3 Å². The lowest BCUT2D eigenvalue weighted by molar-refractivity contribution is 0.0188. The molecule has 1 aliphatic rings. The molecule has 0 radical (unpaired) electrons.